The Morgan fingerprint density at radius 2 is 2.00 bits per heavy atom. The van der Waals surface area contributed by atoms with Crippen molar-refractivity contribution in [2.75, 3.05) is 6.54 Å². The van der Waals surface area contributed by atoms with Gasteiger partial charge in [0.25, 0.3) is 0 Å². The van der Waals surface area contributed by atoms with Gasteiger partial charge in [0.2, 0.25) is 7.85 Å². The number of hydrogen-bond acceptors (Lipinski definition) is 2. The van der Waals surface area contributed by atoms with E-state index in [-0.39, 0.29) is 5.92 Å². The predicted molar refractivity (Wildman–Crippen MR) is 57.0 cm³/mol. The van der Waals surface area contributed by atoms with Gasteiger partial charge in [-0.3, -0.25) is 4.79 Å². The predicted octanol–water partition coefficient (Wildman–Crippen LogP) is 0.482. The number of amides is 1. The monoisotopic (exact) mass is 217 g/mol. The van der Waals surface area contributed by atoms with Crippen LogP contribution in [0, 0.1) is 23.7 Å². The van der Waals surface area contributed by atoms with Crippen LogP contribution in [-0.4, -0.2) is 42.2 Å². The highest BCUT2D eigenvalue weighted by Gasteiger charge is 2.57. The van der Waals surface area contributed by atoms with Gasteiger partial charge in [-0.15, -0.1) is 0 Å². The van der Waals surface area contributed by atoms with Crippen LogP contribution in [0.4, 0.5) is 4.79 Å². The minimum atomic E-state index is -0.924. The fourth-order valence-corrected chi connectivity index (χ4v) is 3.76. The molecule has 2 radical (unpaired) electrons. The Morgan fingerprint density at radius 1 is 1.31 bits per heavy atom. The third kappa shape index (κ3) is 1.11. The molecule has 1 saturated heterocycles. The number of carboxylic acids is 1. The van der Waals surface area contributed by atoms with E-state index in [9.17, 15) is 14.7 Å². The lowest BCUT2D eigenvalue weighted by molar-refractivity contribution is -0.142. The van der Waals surface area contributed by atoms with Crippen molar-refractivity contribution in [3.05, 3.63) is 12.2 Å². The number of hydrogen-bond donors (Lipinski definition) is 1. The summed E-state index contributed by atoms with van der Waals surface area (Å²) < 4.78 is 0. The van der Waals surface area contributed by atoms with E-state index >= 15 is 0 Å². The largest absolute Gasteiger partial charge is 0.480 e. The van der Waals surface area contributed by atoms with E-state index in [1.165, 1.54) is 4.90 Å². The molecule has 0 aromatic rings. The van der Waals surface area contributed by atoms with Crippen molar-refractivity contribution >= 4 is 19.6 Å². The molecule has 1 N–H and O–H groups in total. The molecule has 2 bridgehead atoms. The second-order valence-corrected chi connectivity index (χ2v) is 4.96. The molecule has 1 heterocycles. The van der Waals surface area contributed by atoms with Gasteiger partial charge in [-0.1, -0.05) is 12.2 Å². The molecule has 4 nitrogen and oxygen atoms in total. The Balaban J connectivity index is 1.95. The number of carboxylic acid groups (broad SMARTS) is 1. The number of aliphatic carboxylic acids is 1. The summed E-state index contributed by atoms with van der Waals surface area (Å²) in [5.74, 6) is -0.404. The van der Waals surface area contributed by atoms with Gasteiger partial charge in [-0.05, 0) is 24.2 Å². The molecule has 1 amide bonds. The zero-order chi connectivity index (χ0) is 11.4. The van der Waals surface area contributed by atoms with Crippen molar-refractivity contribution in [2.45, 2.75) is 12.5 Å². The Labute approximate surface area is 94.7 Å². The molecule has 1 saturated carbocycles. The summed E-state index contributed by atoms with van der Waals surface area (Å²) in [5, 5.41) is 9.23. The molecular weight excluding hydrogens is 205 g/mol. The fraction of sp³-hybridized carbons (Fsp3) is 0.636. The van der Waals surface area contributed by atoms with Gasteiger partial charge in [0.1, 0.15) is 6.04 Å². The van der Waals surface area contributed by atoms with Crippen molar-refractivity contribution in [3.8, 4) is 0 Å². The molecule has 1 aliphatic heterocycles. The first-order chi connectivity index (χ1) is 7.59. The topological polar surface area (TPSA) is 57.6 Å². The Kier molecular flexibility index (Phi) is 1.94. The molecule has 3 rings (SSSR count). The van der Waals surface area contributed by atoms with E-state index in [1.54, 1.807) is 0 Å². The third-order valence-electron chi connectivity index (χ3n) is 4.33. The summed E-state index contributed by atoms with van der Waals surface area (Å²) in [6, 6.07) is -0.720. The van der Waals surface area contributed by atoms with Crippen molar-refractivity contribution in [1.29, 1.82) is 0 Å². The zero-order valence-corrected chi connectivity index (χ0v) is 8.74. The second kappa shape index (κ2) is 3.12. The Morgan fingerprint density at radius 3 is 2.62 bits per heavy atom. The van der Waals surface area contributed by atoms with Crippen LogP contribution in [-0.2, 0) is 4.79 Å². The summed E-state index contributed by atoms with van der Waals surface area (Å²) in [5.41, 5.74) is 0. The minimum Gasteiger partial charge on any atom is -0.480 e. The molecule has 3 aliphatic rings. The highest BCUT2D eigenvalue weighted by atomic mass is 16.4. The summed E-state index contributed by atoms with van der Waals surface area (Å²) in [6.07, 6.45) is 5.31. The minimum absolute atomic E-state index is 0.0694. The molecule has 2 aliphatic carbocycles. The summed E-state index contributed by atoms with van der Waals surface area (Å²) in [6.45, 7) is 0.502. The second-order valence-electron chi connectivity index (χ2n) is 4.96. The fourth-order valence-electron chi connectivity index (χ4n) is 3.76. The lowest BCUT2D eigenvalue weighted by Crippen LogP contribution is -2.44. The summed E-state index contributed by atoms with van der Waals surface area (Å²) in [4.78, 5) is 23.8. The first kappa shape index (κ1) is 9.93. The van der Waals surface area contributed by atoms with Crippen molar-refractivity contribution < 1.29 is 14.7 Å². The molecule has 16 heavy (non-hydrogen) atoms. The van der Waals surface area contributed by atoms with Gasteiger partial charge in [-0.2, -0.15) is 0 Å². The summed E-state index contributed by atoms with van der Waals surface area (Å²) >= 11 is 0. The summed E-state index contributed by atoms with van der Waals surface area (Å²) in [7, 11) is 5.24. The third-order valence-corrected chi connectivity index (χ3v) is 4.33. The van der Waals surface area contributed by atoms with E-state index < -0.39 is 17.8 Å². The lowest BCUT2D eigenvalue weighted by Gasteiger charge is -2.26. The molecule has 4 unspecified atom stereocenters. The van der Waals surface area contributed by atoms with Crippen LogP contribution >= 0.6 is 0 Å². The maximum atomic E-state index is 11.3. The Bertz CT molecular complexity index is 395. The number of rotatable bonds is 1. The van der Waals surface area contributed by atoms with Crippen LogP contribution < -0.4 is 0 Å². The average molecular weight is 217 g/mol. The van der Waals surface area contributed by atoms with E-state index in [0.717, 1.165) is 6.42 Å². The molecular formula is C11H12BNO3. The number of likely N-dealkylation sites (tertiary alicyclic amines) is 1. The van der Waals surface area contributed by atoms with E-state index in [0.29, 0.717) is 24.3 Å². The molecule has 2 fully saturated rings. The van der Waals surface area contributed by atoms with Crippen molar-refractivity contribution in [3.63, 3.8) is 0 Å². The van der Waals surface area contributed by atoms with Crippen LogP contribution in [0.1, 0.15) is 6.42 Å². The number of carbonyl (C=O) groups excluding carboxylic acids is 1. The van der Waals surface area contributed by atoms with E-state index in [2.05, 4.69) is 12.2 Å². The molecule has 82 valence electrons. The highest BCUT2D eigenvalue weighted by molar-refractivity contribution is 6.57. The molecule has 0 spiro atoms. The van der Waals surface area contributed by atoms with Gasteiger partial charge >= 0.3 is 5.97 Å². The van der Waals surface area contributed by atoms with Crippen LogP contribution in [0.5, 0.6) is 0 Å². The highest BCUT2D eigenvalue weighted by Crippen LogP contribution is 2.53. The normalized spacial score (nSPS) is 43.8. The standard InChI is InChI=1S/C11H12BNO3/c12-11(16)13-4-7-5-1-2-6(3-5)8(7)9(13)10(14)15/h1-2,5-9H,3-4H2,(H,14,15)/t5?,6?,7?,8?,9-/m0/s1. The van der Waals surface area contributed by atoms with Crippen LogP contribution in [0.3, 0.4) is 0 Å². The number of carbonyl (C=O) groups is 2. The van der Waals surface area contributed by atoms with Crippen molar-refractivity contribution in [1.82, 2.24) is 4.90 Å². The van der Waals surface area contributed by atoms with Crippen LogP contribution in [0.15, 0.2) is 12.2 Å². The van der Waals surface area contributed by atoms with Gasteiger partial charge < -0.3 is 10.0 Å². The quantitative estimate of drug-likeness (QED) is 0.513. The maximum absolute atomic E-state index is 11.3. The first-order valence-corrected chi connectivity index (χ1v) is 5.57. The van der Waals surface area contributed by atoms with Crippen molar-refractivity contribution in [2.24, 2.45) is 23.7 Å². The van der Waals surface area contributed by atoms with E-state index in [1.807, 2.05) is 0 Å². The molecule has 5 heteroatoms. The van der Waals surface area contributed by atoms with Crippen LogP contribution in [0.2, 0.25) is 0 Å². The molecule has 0 aromatic heterocycles. The first-order valence-electron chi connectivity index (χ1n) is 5.57. The van der Waals surface area contributed by atoms with Gasteiger partial charge in [0, 0.05) is 12.5 Å². The number of fused-ring (bicyclic) bond motifs is 5. The molecule has 5 atom stereocenters. The zero-order valence-electron chi connectivity index (χ0n) is 8.74. The van der Waals surface area contributed by atoms with Crippen LogP contribution in [0.25, 0.3) is 0 Å². The smallest absolute Gasteiger partial charge is 0.326 e. The van der Waals surface area contributed by atoms with Gasteiger partial charge in [0.15, 0.2) is 5.81 Å². The number of nitrogens with zero attached hydrogens (tertiary/aromatic N) is 1. The van der Waals surface area contributed by atoms with Gasteiger partial charge in [0.05, 0.1) is 0 Å². The van der Waals surface area contributed by atoms with E-state index in [4.69, 9.17) is 7.85 Å². The maximum Gasteiger partial charge on any atom is 0.326 e. The Hall–Kier alpha value is -1.26. The lowest BCUT2D eigenvalue weighted by atomic mass is 9.82. The van der Waals surface area contributed by atoms with Gasteiger partial charge in [-0.25, -0.2) is 4.79 Å². The average Bonchev–Trinajstić information content (AvgIpc) is 2.87. The number of allylic oxidation sites excluding steroid dienone is 2. The SMILES string of the molecule is [B]C(=O)N1CC2C3C=CC(C3)C2[C@H]1C(=O)O. The molecule has 0 aromatic carbocycles.